The van der Waals surface area contributed by atoms with Gasteiger partial charge in [0.25, 0.3) is 11.8 Å². The van der Waals surface area contributed by atoms with Crippen molar-refractivity contribution >= 4 is 23.6 Å². The van der Waals surface area contributed by atoms with E-state index in [0.717, 1.165) is 24.1 Å². The Balaban J connectivity index is 1.47. The van der Waals surface area contributed by atoms with E-state index >= 15 is 0 Å². The SMILES string of the molecule is CC1CCCC(NC(=O)c2ccc(/C=C3\Oc4ccccc4N(C)C3=O)cc2)C1C. The fourth-order valence-electron chi connectivity index (χ4n) is 4.27. The van der Waals surface area contributed by atoms with E-state index in [2.05, 4.69) is 19.2 Å². The first-order valence-corrected chi connectivity index (χ1v) is 10.6. The van der Waals surface area contributed by atoms with E-state index in [4.69, 9.17) is 4.74 Å². The zero-order valence-corrected chi connectivity index (χ0v) is 17.7. The number of anilines is 1. The number of para-hydroxylation sites is 2. The second-order valence-corrected chi connectivity index (χ2v) is 8.41. The Bertz CT molecular complexity index is 980. The molecule has 5 nitrogen and oxygen atoms in total. The summed E-state index contributed by atoms with van der Waals surface area (Å²) in [5, 5.41) is 3.20. The summed E-state index contributed by atoms with van der Waals surface area (Å²) in [6.45, 7) is 4.48. The normalized spacial score (nSPS) is 24.9. The lowest BCUT2D eigenvalue weighted by Crippen LogP contribution is -2.43. The predicted octanol–water partition coefficient (Wildman–Crippen LogP) is 4.64. The van der Waals surface area contributed by atoms with Crippen LogP contribution in [-0.4, -0.2) is 24.9 Å². The number of nitrogens with one attached hydrogen (secondary N) is 1. The Hall–Kier alpha value is -3.08. The number of hydrogen-bond donors (Lipinski definition) is 1. The molecule has 1 saturated carbocycles. The third-order valence-electron chi connectivity index (χ3n) is 6.46. The molecule has 2 aromatic carbocycles. The number of carbonyl (C=O) groups is 2. The molecule has 0 bridgehead atoms. The van der Waals surface area contributed by atoms with Crippen LogP contribution >= 0.6 is 0 Å². The number of amides is 2. The van der Waals surface area contributed by atoms with Crippen molar-refractivity contribution in [2.75, 3.05) is 11.9 Å². The van der Waals surface area contributed by atoms with E-state index < -0.39 is 0 Å². The van der Waals surface area contributed by atoms with E-state index in [1.54, 1.807) is 30.2 Å². The Morgan fingerprint density at radius 1 is 1.10 bits per heavy atom. The number of rotatable bonds is 3. The first-order chi connectivity index (χ1) is 14.4. The average Bonchev–Trinajstić information content (AvgIpc) is 2.75. The molecule has 1 heterocycles. The fourth-order valence-corrected chi connectivity index (χ4v) is 4.27. The monoisotopic (exact) mass is 404 g/mol. The van der Waals surface area contributed by atoms with Gasteiger partial charge in [0, 0.05) is 18.7 Å². The fraction of sp³-hybridized carbons (Fsp3) is 0.360. The predicted molar refractivity (Wildman–Crippen MR) is 118 cm³/mol. The number of benzene rings is 2. The number of ether oxygens (including phenoxy) is 1. The molecule has 1 aliphatic heterocycles. The maximum atomic E-state index is 12.7. The number of hydrogen-bond acceptors (Lipinski definition) is 3. The molecule has 0 saturated heterocycles. The van der Waals surface area contributed by atoms with Gasteiger partial charge in [-0.3, -0.25) is 9.59 Å². The summed E-state index contributed by atoms with van der Waals surface area (Å²) in [7, 11) is 1.73. The highest BCUT2D eigenvalue weighted by molar-refractivity contribution is 6.09. The third-order valence-corrected chi connectivity index (χ3v) is 6.46. The highest BCUT2D eigenvalue weighted by Crippen LogP contribution is 2.34. The number of likely N-dealkylation sites (N-methyl/N-ethyl adjacent to an activating group) is 1. The van der Waals surface area contributed by atoms with Crippen LogP contribution < -0.4 is 15.0 Å². The summed E-state index contributed by atoms with van der Waals surface area (Å²) in [4.78, 5) is 26.9. The largest absolute Gasteiger partial charge is 0.449 e. The second-order valence-electron chi connectivity index (χ2n) is 8.41. The van der Waals surface area contributed by atoms with Gasteiger partial charge >= 0.3 is 0 Å². The van der Waals surface area contributed by atoms with Gasteiger partial charge in [0.05, 0.1) is 5.69 Å². The molecule has 1 fully saturated rings. The van der Waals surface area contributed by atoms with Crippen molar-refractivity contribution in [1.82, 2.24) is 5.32 Å². The summed E-state index contributed by atoms with van der Waals surface area (Å²) < 4.78 is 5.81. The van der Waals surface area contributed by atoms with Crippen molar-refractivity contribution in [3.05, 3.63) is 65.4 Å². The van der Waals surface area contributed by atoms with E-state index in [-0.39, 0.29) is 23.6 Å². The molecule has 1 aliphatic carbocycles. The quantitative estimate of drug-likeness (QED) is 0.759. The van der Waals surface area contributed by atoms with Crippen molar-refractivity contribution in [2.45, 2.75) is 39.2 Å². The highest BCUT2D eigenvalue weighted by Gasteiger charge is 2.29. The van der Waals surface area contributed by atoms with Gasteiger partial charge < -0.3 is 15.0 Å². The minimum Gasteiger partial charge on any atom is -0.449 e. The van der Waals surface area contributed by atoms with Crippen LogP contribution in [0, 0.1) is 11.8 Å². The molecule has 0 spiro atoms. The lowest BCUT2D eigenvalue weighted by atomic mass is 9.78. The van der Waals surface area contributed by atoms with E-state index in [1.165, 1.54) is 6.42 Å². The lowest BCUT2D eigenvalue weighted by Gasteiger charge is -2.34. The van der Waals surface area contributed by atoms with Gasteiger partial charge in [-0.25, -0.2) is 0 Å². The van der Waals surface area contributed by atoms with Crippen LogP contribution in [0.2, 0.25) is 0 Å². The highest BCUT2D eigenvalue weighted by atomic mass is 16.5. The zero-order valence-electron chi connectivity index (χ0n) is 17.7. The zero-order chi connectivity index (χ0) is 21.3. The maximum absolute atomic E-state index is 12.7. The first-order valence-electron chi connectivity index (χ1n) is 10.6. The minimum absolute atomic E-state index is 0.0428. The van der Waals surface area contributed by atoms with Gasteiger partial charge in [0.1, 0.15) is 0 Å². The van der Waals surface area contributed by atoms with Crippen molar-refractivity contribution in [3.8, 4) is 5.75 Å². The number of nitrogens with zero attached hydrogens (tertiary/aromatic N) is 1. The molecule has 156 valence electrons. The molecular formula is C25H28N2O3. The lowest BCUT2D eigenvalue weighted by molar-refractivity contribution is -0.117. The van der Waals surface area contributed by atoms with Gasteiger partial charge in [-0.05, 0) is 54.2 Å². The summed E-state index contributed by atoms with van der Waals surface area (Å²) in [5.41, 5.74) is 2.18. The maximum Gasteiger partial charge on any atom is 0.293 e. The average molecular weight is 405 g/mol. The third kappa shape index (κ3) is 3.97. The Kier molecular flexibility index (Phi) is 5.62. The second kappa shape index (κ2) is 8.34. The van der Waals surface area contributed by atoms with Crippen LogP contribution in [0.25, 0.3) is 6.08 Å². The Morgan fingerprint density at radius 2 is 1.83 bits per heavy atom. The van der Waals surface area contributed by atoms with Crippen LogP contribution in [0.4, 0.5) is 5.69 Å². The Morgan fingerprint density at radius 3 is 2.60 bits per heavy atom. The molecule has 2 amide bonds. The molecule has 30 heavy (non-hydrogen) atoms. The van der Waals surface area contributed by atoms with Crippen LogP contribution in [-0.2, 0) is 4.79 Å². The van der Waals surface area contributed by atoms with Crippen LogP contribution in [0.15, 0.2) is 54.3 Å². The van der Waals surface area contributed by atoms with Gasteiger partial charge in [-0.1, -0.05) is 51.0 Å². The number of fused-ring (bicyclic) bond motifs is 1. The molecule has 0 aromatic heterocycles. The van der Waals surface area contributed by atoms with E-state index in [1.807, 2.05) is 36.4 Å². The van der Waals surface area contributed by atoms with Crippen molar-refractivity contribution in [3.63, 3.8) is 0 Å². The molecule has 3 unspecified atom stereocenters. The minimum atomic E-state index is -0.198. The molecule has 0 radical (unpaired) electrons. The van der Waals surface area contributed by atoms with Crippen LogP contribution in [0.3, 0.4) is 0 Å². The van der Waals surface area contributed by atoms with Crippen molar-refractivity contribution in [1.29, 1.82) is 0 Å². The standard InChI is InChI=1S/C25H28N2O3/c1-16-7-6-8-20(17(16)2)26-24(28)19-13-11-18(12-14-19)15-23-25(29)27(3)21-9-4-5-10-22(21)30-23/h4-5,9-17,20H,6-8H2,1-3H3,(H,26,28)/b23-15-. The smallest absolute Gasteiger partial charge is 0.293 e. The first kappa shape index (κ1) is 20.2. The van der Waals surface area contributed by atoms with Crippen molar-refractivity contribution < 1.29 is 14.3 Å². The van der Waals surface area contributed by atoms with Crippen molar-refractivity contribution in [2.24, 2.45) is 11.8 Å². The van der Waals surface area contributed by atoms with Crippen LogP contribution in [0.1, 0.15) is 49.0 Å². The molecule has 1 N–H and O–H groups in total. The molecule has 5 heteroatoms. The molecule has 3 atom stereocenters. The van der Waals surface area contributed by atoms with E-state index in [9.17, 15) is 9.59 Å². The van der Waals surface area contributed by atoms with Gasteiger partial charge in [-0.15, -0.1) is 0 Å². The molecule has 4 rings (SSSR count). The summed E-state index contributed by atoms with van der Waals surface area (Å²) in [6.07, 6.45) is 5.14. The van der Waals surface area contributed by atoms with Gasteiger partial charge in [-0.2, -0.15) is 0 Å². The summed E-state index contributed by atoms with van der Waals surface area (Å²) in [6, 6.07) is 14.9. The van der Waals surface area contributed by atoms with Crippen LogP contribution in [0.5, 0.6) is 5.75 Å². The number of carbonyl (C=O) groups excluding carboxylic acids is 2. The molecule has 2 aromatic rings. The molecule has 2 aliphatic rings. The summed E-state index contributed by atoms with van der Waals surface area (Å²) >= 11 is 0. The van der Waals surface area contributed by atoms with Gasteiger partial charge in [0.2, 0.25) is 0 Å². The van der Waals surface area contributed by atoms with Gasteiger partial charge in [0.15, 0.2) is 11.5 Å². The van der Waals surface area contributed by atoms with E-state index in [0.29, 0.717) is 23.1 Å². The molecular weight excluding hydrogens is 376 g/mol. The topological polar surface area (TPSA) is 58.6 Å². The summed E-state index contributed by atoms with van der Waals surface area (Å²) in [5.74, 6) is 1.79. The Labute approximate surface area is 177 Å².